The molecule has 0 aliphatic heterocycles. The highest BCUT2D eigenvalue weighted by Gasteiger charge is 2.25. The van der Waals surface area contributed by atoms with Crippen LogP contribution in [0.5, 0.6) is 0 Å². The Hall–Kier alpha value is -0.750. The Morgan fingerprint density at radius 1 is 1.47 bits per heavy atom. The van der Waals surface area contributed by atoms with Gasteiger partial charge in [0.05, 0.1) is 7.11 Å². The first kappa shape index (κ1) is 16.3. The van der Waals surface area contributed by atoms with Gasteiger partial charge in [-0.05, 0) is 26.0 Å². The number of aromatic nitrogens is 1. The van der Waals surface area contributed by atoms with E-state index in [1.807, 2.05) is 18.7 Å². The number of hydrogen-bond acceptors (Lipinski definition) is 6. The number of anilines is 1. The van der Waals surface area contributed by atoms with Gasteiger partial charge in [-0.15, -0.1) is 11.3 Å². The van der Waals surface area contributed by atoms with Crippen LogP contribution in [0.4, 0.5) is 5.13 Å². The van der Waals surface area contributed by atoms with Crippen LogP contribution in [-0.2, 0) is 4.74 Å². The molecule has 0 atom stereocenters. The van der Waals surface area contributed by atoms with Crippen molar-refractivity contribution >= 4 is 34.2 Å². The minimum absolute atomic E-state index is 0.227. The molecule has 0 radical (unpaired) electrons. The molecular weight excluding hydrogens is 280 g/mol. The molecule has 1 N–H and O–H groups in total. The van der Waals surface area contributed by atoms with Gasteiger partial charge in [0.25, 0.3) is 0 Å². The largest absolute Gasteiger partial charge is 0.464 e. The van der Waals surface area contributed by atoms with E-state index in [9.17, 15) is 4.79 Å². The fourth-order valence-electron chi connectivity index (χ4n) is 1.86. The molecule has 0 aromatic carbocycles. The number of thioether (sulfide) groups is 1. The zero-order chi connectivity index (χ0) is 14.5. The predicted molar refractivity (Wildman–Crippen MR) is 83.5 cm³/mol. The van der Waals surface area contributed by atoms with Crippen LogP contribution in [0, 0.1) is 6.92 Å². The summed E-state index contributed by atoms with van der Waals surface area (Å²) in [5, 5.41) is 4.15. The highest BCUT2D eigenvalue weighted by molar-refractivity contribution is 8.00. The molecule has 0 bridgehead atoms. The number of thiazole rings is 1. The van der Waals surface area contributed by atoms with Gasteiger partial charge in [0.2, 0.25) is 0 Å². The minimum atomic E-state index is -0.371. The summed E-state index contributed by atoms with van der Waals surface area (Å²) >= 11 is 3.38. The third-order valence-electron chi connectivity index (χ3n) is 3.46. The normalized spacial score (nSPS) is 11.4. The number of carbonyl (C=O) groups excluding carboxylic acids is 1. The lowest BCUT2D eigenvalue weighted by Gasteiger charge is -2.29. The van der Waals surface area contributed by atoms with Crippen LogP contribution in [0.1, 0.15) is 42.1 Å². The zero-order valence-corrected chi connectivity index (χ0v) is 13.8. The van der Waals surface area contributed by atoms with Crippen LogP contribution < -0.4 is 5.32 Å². The predicted octanol–water partition coefficient (Wildman–Crippen LogP) is 3.57. The highest BCUT2D eigenvalue weighted by Crippen LogP contribution is 2.31. The van der Waals surface area contributed by atoms with Crippen molar-refractivity contribution in [2.45, 2.75) is 38.4 Å². The lowest BCUT2D eigenvalue weighted by atomic mass is 10.0. The van der Waals surface area contributed by atoms with E-state index in [1.54, 1.807) is 0 Å². The smallest absolute Gasteiger partial charge is 0.357 e. The Morgan fingerprint density at radius 3 is 2.58 bits per heavy atom. The topological polar surface area (TPSA) is 51.2 Å². The molecule has 19 heavy (non-hydrogen) atoms. The average molecular weight is 302 g/mol. The van der Waals surface area contributed by atoms with Crippen LogP contribution >= 0.6 is 23.1 Å². The molecule has 1 rings (SSSR count). The number of methoxy groups -OCH3 is 1. The summed E-state index contributed by atoms with van der Waals surface area (Å²) in [7, 11) is 1.38. The van der Waals surface area contributed by atoms with Gasteiger partial charge in [0, 0.05) is 16.2 Å². The van der Waals surface area contributed by atoms with Gasteiger partial charge in [-0.25, -0.2) is 9.78 Å². The van der Waals surface area contributed by atoms with Crippen molar-refractivity contribution in [3.8, 4) is 0 Å². The molecule has 4 nitrogen and oxygen atoms in total. The van der Waals surface area contributed by atoms with Crippen LogP contribution in [0.3, 0.4) is 0 Å². The van der Waals surface area contributed by atoms with Crippen LogP contribution in [-0.4, -0.2) is 35.6 Å². The van der Waals surface area contributed by atoms with E-state index >= 15 is 0 Å². The van der Waals surface area contributed by atoms with Crippen molar-refractivity contribution in [3.63, 3.8) is 0 Å². The summed E-state index contributed by atoms with van der Waals surface area (Å²) in [6.07, 6.45) is 4.35. The molecule has 108 valence electrons. The molecule has 0 aliphatic rings. The van der Waals surface area contributed by atoms with Crippen LogP contribution in [0.25, 0.3) is 0 Å². The summed E-state index contributed by atoms with van der Waals surface area (Å²) in [5.41, 5.74) is 0.415. The molecular formula is C13H22N2O2S2. The molecule has 0 saturated heterocycles. The fraction of sp³-hybridized carbons (Fsp3) is 0.692. The maximum atomic E-state index is 11.5. The van der Waals surface area contributed by atoms with Crippen molar-refractivity contribution in [3.05, 3.63) is 10.6 Å². The second-order valence-electron chi connectivity index (χ2n) is 4.36. The first-order valence-corrected chi connectivity index (χ1v) is 8.40. The van der Waals surface area contributed by atoms with E-state index in [4.69, 9.17) is 4.74 Å². The summed E-state index contributed by atoms with van der Waals surface area (Å²) in [6.45, 7) is 7.15. The van der Waals surface area contributed by atoms with Crippen LogP contribution in [0.2, 0.25) is 0 Å². The van der Waals surface area contributed by atoms with Crippen molar-refractivity contribution < 1.29 is 9.53 Å². The number of nitrogens with one attached hydrogen (secondary N) is 1. The lowest BCUT2D eigenvalue weighted by Crippen LogP contribution is -2.31. The SMILES string of the molecule is CCC(CC)(CNc1nc(C(=O)OC)c(C)s1)SC. The number of rotatable bonds is 7. The van der Waals surface area contributed by atoms with Gasteiger partial charge in [-0.3, -0.25) is 0 Å². The van der Waals surface area contributed by atoms with E-state index in [2.05, 4.69) is 30.4 Å². The maximum Gasteiger partial charge on any atom is 0.357 e. The summed E-state index contributed by atoms with van der Waals surface area (Å²) in [6, 6.07) is 0. The fourth-order valence-corrected chi connectivity index (χ4v) is 3.45. The Kier molecular flexibility index (Phi) is 6.13. The zero-order valence-electron chi connectivity index (χ0n) is 12.2. The van der Waals surface area contributed by atoms with Gasteiger partial charge in [-0.2, -0.15) is 11.8 Å². The second-order valence-corrected chi connectivity index (χ2v) is 6.84. The Balaban J connectivity index is 2.76. The molecule has 0 spiro atoms. The van der Waals surface area contributed by atoms with Gasteiger partial charge in [0.15, 0.2) is 10.8 Å². The first-order chi connectivity index (χ1) is 9.01. The lowest BCUT2D eigenvalue weighted by molar-refractivity contribution is 0.0594. The molecule has 0 unspecified atom stereocenters. The number of aryl methyl sites for hydroxylation is 1. The minimum Gasteiger partial charge on any atom is -0.464 e. The Labute approximate surface area is 123 Å². The summed E-state index contributed by atoms with van der Waals surface area (Å²) < 4.78 is 4.94. The first-order valence-electron chi connectivity index (χ1n) is 6.36. The second kappa shape index (κ2) is 7.14. The summed E-state index contributed by atoms with van der Waals surface area (Å²) in [4.78, 5) is 16.7. The number of nitrogens with zero attached hydrogens (tertiary/aromatic N) is 1. The molecule has 0 aliphatic carbocycles. The molecule has 1 aromatic rings. The molecule has 0 fully saturated rings. The molecule has 6 heteroatoms. The monoisotopic (exact) mass is 302 g/mol. The van der Waals surface area contributed by atoms with Crippen molar-refractivity contribution in [1.29, 1.82) is 0 Å². The number of carbonyl (C=O) groups is 1. The van der Waals surface area contributed by atoms with E-state index in [0.717, 1.165) is 29.4 Å². The third-order valence-corrected chi connectivity index (χ3v) is 5.98. The number of hydrogen-bond donors (Lipinski definition) is 1. The van der Waals surface area contributed by atoms with Crippen molar-refractivity contribution in [2.75, 3.05) is 25.2 Å². The van der Waals surface area contributed by atoms with Crippen molar-refractivity contribution in [2.24, 2.45) is 0 Å². The van der Waals surface area contributed by atoms with Crippen molar-refractivity contribution in [1.82, 2.24) is 4.98 Å². The Bertz CT molecular complexity index is 420. The van der Waals surface area contributed by atoms with Gasteiger partial charge in [-0.1, -0.05) is 13.8 Å². The highest BCUT2D eigenvalue weighted by atomic mass is 32.2. The quantitative estimate of drug-likeness (QED) is 0.780. The molecule has 1 aromatic heterocycles. The molecule has 0 amide bonds. The summed E-state index contributed by atoms with van der Waals surface area (Å²) in [5.74, 6) is -0.371. The van der Waals surface area contributed by atoms with E-state index in [0.29, 0.717) is 5.69 Å². The molecule has 0 saturated carbocycles. The number of esters is 1. The van der Waals surface area contributed by atoms with Crippen LogP contribution in [0.15, 0.2) is 0 Å². The van der Waals surface area contributed by atoms with E-state index < -0.39 is 0 Å². The number of ether oxygens (including phenoxy) is 1. The van der Waals surface area contributed by atoms with E-state index in [1.165, 1.54) is 18.4 Å². The van der Waals surface area contributed by atoms with Gasteiger partial charge < -0.3 is 10.1 Å². The molecule has 1 heterocycles. The van der Waals surface area contributed by atoms with E-state index in [-0.39, 0.29) is 10.7 Å². The third kappa shape index (κ3) is 3.86. The van der Waals surface area contributed by atoms with Gasteiger partial charge >= 0.3 is 5.97 Å². The maximum absolute atomic E-state index is 11.5. The Morgan fingerprint density at radius 2 is 2.11 bits per heavy atom. The van der Waals surface area contributed by atoms with Gasteiger partial charge in [0.1, 0.15) is 0 Å². The average Bonchev–Trinajstić information content (AvgIpc) is 2.81. The standard InChI is InChI=1S/C13H22N2O2S2/c1-6-13(7-2,18-5)8-14-12-15-10(9(3)19-12)11(16)17-4/h6-8H2,1-5H3,(H,14,15).